The zero-order valence-electron chi connectivity index (χ0n) is 23.5. The summed E-state index contributed by atoms with van der Waals surface area (Å²) >= 11 is 6.02. The highest BCUT2D eigenvalue weighted by molar-refractivity contribution is 6.30. The Hall–Kier alpha value is -4.29. The lowest BCUT2D eigenvalue weighted by molar-refractivity contribution is 0.0930. The predicted molar refractivity (Wildman–Crippen MR) is 160 cm³/mol. The van der Waals surface area contributed by atoms with Crippen LogP contribution >= 0.6 is 11.6 Å². The number of hydrogen-bond acceptors (Lipinski definition) is 9. The molecular formula is C30H30ClFN8O3. The van der Waals surface area contributed by atoms with Gasteiger partial charge in [-0.05, 0) is 48.9 Å². The van der Waals surface area contributed by atoms with Gasteiger partial charge in [0.25, 0.3) is 0 Å². The van der Waals surface area contributed by atoms with Gasteiger partial charge in [-0.3, -0.25) is 9.51 Å². The minimum absolute atomic E-state index is 0.0584. The summed E-state index contributed by atoms with van der Waals surface area (Å²) in [5, 5.41) is 7.49. The summed E-state index contributed by atoms with van der Waals surface area (Å²) in [6.45, 7) is 4.00. The summed E-state index contributed by atoms with van der Waals surface area (Å²) < 4.78 is 27.3. The van der Waals surface area contributed by atoms with E-state index in [1.54, 1.807) is 12.1 Å². The third kappa shape index (κ3) is 5.36. The molecule has 3 aromatic heterocycles. The highest BCUT2D eigenvalue weighted by Crippen LogP contribution is 2.37. The number of rotatable bonds is 8. The van der Waals surface area contributed by atoms with Crippen molar-refractivity contribution in [1.29, 1.82) is 0 Å². The number of aromatic nitrogens is 6. The summed E-state index contributed by atoms with van der Waals surface area (Å²) in [6, 6.07) is 14.9. The van der Waals surface area contributed by atoms with Crippen molar-refractivity contribution in [2.75, 3.05) is 30.0 Å². The molecule has 1 aliphatic carbocycles. The summed E-state index contributed by atoms with van der Waals surface area (Å²) in [5.74, 6) is 0.772. The van der Waals surface area contributed by atoms with Crippen LogP contribution in [0.4, 0.5) is 16.2 Å². The van der Waals surface area contributed by atoms with Crippen molar-refractivity contribution in [3.63, 3.8) is 0 Å². The van der Waals surface area contributed by atoms with Gasteiger partial charge in [0.1, 0.15) is 11.3 Å². The third-order valence-corrected chi connectivity index (χ3v) is 8.66. The minimum atomic E-state index is -0.703. The number of imidazole rings is 1. The van der Waals surface area contributed by atoms with Gasteiger partial charge in [-0.1, -0.05) is 59.6 Å². The molecule has 2 aromatic carbocycles. The number of nitrogens with zero attached hydrogens (tertiary/aromatic N) is 6. The van der Waals surface area contributed by atoms with Crippen LogP contribution in [0.15, 0.2) is 57.8 Å². The highest BCUT2D eigenvalue weighted by atomic mass is 35.5. The van der Waals surface area contributed by atoms with Crippen LogP contribution in [-0.4, -0.2) is 55.5 Å². The fourth-order valence-corrected chi connectivity index (χ4v) is 5.93. The van der Waals surface area contributed by atoms with Gasteiger partial charge < -0.3 is 19.5 Å². The predicted octanol–water partition coefficient (Wildman–Crippen LogP) is 5.19. The van der Waals surface area contributed by atoms with E-state index in [9.17, 15) is 9.18 Å². The molecule has 13 heteroatoms. The van der Waals surface area contributed by atoms with E-state index in [-0.39, 0.29) is 35.3 Å². The first kappa shape index (κ1) is 27.5. The van der Waals surface area contributed by atoms with E-state index >= 15 is 0 Å². The number of benzene rings is 2. The first-order valence-electron chi connectivity index (χ1n) is 14.4. The first-order chi connectivity index (χ1) is 20.9. The largest absolute Gasteiger partial charge is 0.439 e. The van der Waals surface area contributed by atoms with E-state index in [0.717, 1.165) is 18.4 Å². The van der Waals surface area contributed by atoms with Crippen molar-refractivity contribution in [2.45, 2.75) is 44.8 Å². The van der Waals surface area contributed by atoms with Crippen molar-refractivity contribution < 1.29 is 13.7 Å². The molecule has 0 amide bonds. The zero-order valence-corrected chi connectivity index (χ0v) is 24.2. The monoisotopic (exact) mass is 604 g/mol. The third-order valence-electron chi connectivity index (χ3n) is 8.35. The van der Waals surface area contributed by atoms with Gasteiger partial charge in [-0.15, -0.1) is 0 Å². The summed E-state index contributed by atoms with van der Waals surface area (Å²) in [7, 11) is 0. The second-order valence-corrected chi connectivity index (χ2v) is 11.5. The summed E-state index contributed by atoms with van der Waals surface area (Å²) in [6.07, 6.45) is 3.46. The van der Waals surface area contributed by atoms with Crippen molar-refractivity contribution in [2.24, 2.45) is 5.92 Å². The highest BCUT2D eigenvalue weighted by Gasteiger charge is 2.32. The molecule has 1 saturated heterocycles. The van der Waals surface area contributed by atoms with E-state index in [2.05, 4.69) is 39.4 Å². The Kier molecular flexibility index (Phi) is 7.31. The maximum absolute atomic E-state index is 14.6. The van der Waals surface area contributed by atoms with Gasteiger partial charge in [-0.2, -0.15) is 4.98 Å². The molecule has 0 bridgehead atoms. The van der Waals surface area contributed by atoms with E-state index in [4.69, 9.17) is 35.8 Å². The zero-order chi connectivity index (χ0) is 29.5. The second-order valence-electron chi connectivity index (χ2n) is 11.1. The molecule has 4 heterocycles. The van der Waals surface area contributed by atoms with Crippen molar-refractivity contribution in [3.05, 3.63) is 81.0 Å². The molecule has 11 nitrogen and oxygen atoms in total. The Bertz CT molecular complexity index is 1820. The van der Waals surface area contributed by atoms with Crippen LogP contribution in [-0.2, 0) is 11.3 Å². The van der Waals surface area contributed by atoms with Gasteiger partial charge >= 0.3 is 5.76 Å². The normalized spacial score (nSPS) is 18.1. The minimum Gasteiger partial charge on any atom is -0.377 e. The Morgan fingerprint density at radius 3 is 2.72 bits per heavy atom. The molecule has 0 unspecified atom stereocenters. The van der Waals surface area contributed by atoms with E-state index in [1.807, 2.05) is 22.8 Å². The van der Waals surface area contributed by atoms with Crippen LogP contribution in [0.25, 0.3) is 22.8 Å². The molecule has 0 spiro atoms. The number of morpholine rings is 1. The van der Waals surface area contributed by atoms with Gasteiger partial charge in [-0.25, -0.2) is 19.2 Å². The molecule has 1 aliphatic heterocycles. The number of H-pyrrole nitrogens is 1. The maximum Gasteiger partial charge on any atom is 0.439 e. The molecule has 43 heavy (non-hydrogen) atoms. The van der Waals surface area contributed by atoms with E-state index < -0.39 is 11.6 Å². The fraction of sp³-hybridized carbons (Fsp3) is 0.367. The molecule has 2 N–H and O–H groups in total. The summed E-state index contributed by atoms with van der Waals surface area (Å²) in [4.78, 5) is 31.1. The Morgan fingerprint density at radius 2 is 2.00 bits per heavy atom. The van der Waals surface area contributed by atoms with Crippen LogP contribution in [0, 0.1) is 11.7 Å². The number of aromatic amines is 1. The van der Waals surface area contributed by atoms with Crippen LogP contribution in [0.5, 0.6) is 0 Å². The summed E-state index contributed by atoms with van der Waals surface area (Å²) in [5.41, 5.74) is 2.85. The number of anilines is 2. The number of hydrogen-bond donors (Lipinski definition) is 2. The Balaban J connectivity index is 1.43. The SMILES string of the molecule is C[C@@H](Nc1nc(-c2noc(=O)[nH]2)nc2nc(N3CCOC[C@H]3c3ccccc3)n(Cc3ccc(Cl)c(F)c3)c12)C1CCC1. The van der Waals surface area contributed by atoms with Crippen molar-refractivity contribution in [1.82, 2.24) is 29.7 Å². The van der Waals surface area contributed by atoms with Gasteiger partial charge in [0, 0.05) is 12.6 Å². The van der Waals surface area contributed by atoms with Gasteiger partial charge in [0.15, 0.2) is 11.5 Å². The molecule has 5 aromatic rings. The number of nitrogens with one attached hydrogen (secondary N) is 2. The Morgan fingerprint density at radius 1 is 1.16 bits per heavy atom. The average molecular weight is 605 g/mol. The molecule has 2 atom stereocenters. The van der Waals surface area contributed by atoms with Crippen molar-refractivity contribution in [3.8, 4) is 11.6 Å². The molecular weight excluding hydrogens is 575 g/mol. The standard InChI is InChI=1S/C30H30ClFN8O3/c1-17(19-8-5-9-19)33-25-24-26(35-27(34-25)28-37-30(41)43-38-28)36-29(40(24)15-18-10-11-21(31)22(32)14-18)39-12-13-42-16-23(39)20-6-3-2-4-7-20/h2-4,6-7,10-11,14,17,19,23H,5,8-9,12-13,15-16H2,1H3,(H,33,34,35)(H,37,38,41)/t17-,23+/m1/s1. The lowest BCUT2D eigenvalue weighted by Gasteiger charge is -2.37. The molecule has 2 aliphatic rings. The second kappa shape index (κ2) is 11.4. The average Bonchev–Trinajstić information content (AvgIpc) is 3.58. The first-order valence-corrected chi connectivity index (χ1v) is 14.8. The van der Waals surface area contributed by atoms with E-state index in [0.29, 0.717) is 54.2 Å². The number of halogens is 2. The van der Waals surface area contributed by atoms with Crippen LogP contribution in [0.1, 0.15) is 43.4 Å². The molecule has 222 valence electrons. The molecule has 2 fully saturated rings. The van der Waals surface area contributed by atoms with Crippen LogP contribution in [0.3, 0.4) is 0 Å². The lowest BCUT2D eigenvalue weighted by Crippen LogP contribution is -2.41. The molecule has 1 saturated carbocycles. The molecule has 7 rings (SSSR count). The van der Waals surface area contributed by atoms with Gasteiger partial charge in [0.2, 0.25) is 17.6 Å². The topological polar surface area (TPSA) is 127 Å². The van der Waals surface area contributed by atoms with E-state index in [1.165, 1.54) is 12.5 Å². The number of fused-ring (bicyclic) bond motifs is 1. The fourth-order valence-electron chi connectivity index (χ4n) is 5.81. The quantitative estimate of drug-likeness (QED) is 0.246. The maximum atomic E-state index is 14.6. The molecule has 0 radical (unpaired) electrons. The Labute approximate surface area is 251 Å². The lowest BCUT2D eigenvalue weighted by atomic mass is 9.80. The van der Waals surface area contributed by atoms with Crippen LogP contribution < -0.4 is 16.0 Å². The van der Waals surface area contributed by atoms with Crippen LogP contribution in [0.2, 0.25) is 5.02 Å². The smallest absolute Gasteiger partial charge is 0.377 e. The van der Waals surface area contributed by atoms with Crippen molar-refractivity contribution >= 4 is 34.5 Å². The van der Waals surface area contributed by atoms with Gasteiger partial charge in [0.05, 0.1) is 30.8 Å². The number of ether oxygens (including phenoxy) is 1.